The lowest BCUT2D eigenvalue weighted by atomic mass is 9.89. The molecule has 26 heavy (non-hydrogen) atoms. The molecule has 0 bridgehead atoms. The van der Waals surface area contributed by atoms with Crippen LogP contribution in [0.25, 0.3) is 5.57 Å². The van der Waals surface area contributed by atoms with Crippen LogP contribution in [0.2, 0.25) is 0 Å². The maximum absolute atomic E-state index is 13.1. The Hall–Kier alpha value is -1.64. The molecule has 1 N–H and O–H groups in total. The molecule has 0 aromatic heterocycles. The fraction of sp³-hybridized carbons (Fsp3) is 0.444. The summed E-state index contributed by atoms with van der Waals surface area (Å²) in [5, 5.41) is 1.86. The molecule has 0 radical (unpaired) electrons. The van der Waals surface area contributed by atoms with Crippen LogP contribution in [0.5, 0.6) is 0 Å². The molecule has 8 heteroatoms. The molecule has 1 aromatic carbocycles. The Kier molecular flexibility index (Phi) is 4.66. The Morgan fingerprint density at radius 3 is 2.54 bits per heavy atom. The topological polar surface area (TPSA) is 83.6 Å². The molecule has 3 aliphatic rings. The van der Waals surface area contributed by atoms with E-state index >= 15 is 0 Å². The van der Waals surface area contributed by atoms with E-state index in [1.54, 1.807) is 24.3 Å². The highest BCUT2D eigenvalue weighted by Crippen LogP contribution is 2.40. The molecule has 0 unspecified atom stereocenters. The molecule has 0 atom stereocenters. The Morgan fingerprint density at radius 1 is 1.12 bits per heavy atom. The van der Waals surface area contributed by atoms with E-state index in [-0.39, 0.29) is 11.4 Å². The highest BCUT2D eigenvalue weighted by Gasteiger charge is 2.39. The minimum atomic E-state index is -3.60. The Morgan fingerprint density at radius 2 is 1.85 bits per heavy atom. The molecule has 1 aliphatic carbocycles. The number of sulfonamides is 1. The number of thioether (sulfide) groups is 1. The second-order valence-corrected chi connectivity index (χ2v) is 9.84. The number of nitrogens with one attached hydrogen (secondary N) is 1. The molecule has 2 heterocycles. The van der Waals surface area contributed by atoms with Gasteiger partial charge in [-0.3, -0.25) is 14.9 Å². The van der Waals surface area contributed by atoms with E-state index in [1.165, 1.54) is 10.7 Å². The maximum atomic E-state index is 13.1. The average Bonchev–Trinajstić information content (AvgIpc) is 2.97. The molecule has 4 rings (SSSR count). The average molecular weight is 393 g/mol. The Balaban J connectivity index is 1.78. The predicted octanol–water partition coefficient (Wildman–Crippen LogP) is 2.97. The number of hydrogen-bond acceptors (Lipinski definition) is 5. The fourth-order valence-electron chi connectivity index (χ4n) is 3.95. The van der Waals surface area contributed by atoms with E-state index in [4.69, 9.17) is 0 Å². The van der Waals surface area contributed by atoms with Crippen molar-refractivity contribution in [2.75, 3.05) is 13.1 Å². The largest absolute Gasteiger partial charge is 0.290 e. The molecule has 6 nitrogen and oxygen atoms in total. The highest BCUT2D eigenvalue weighted by molar-refractivity contribution is 8.18. The third kappa shape index (κ3) is 3.10. The second kappa shape index (κ2) is 6.83. The van der Waals surface area contributed by atoms with E-state index in [1.807, 2.05) is 0 Å². The van der Waals surface area contributed by atoms with Gasteiger partial charge in [-0.2, -0.15) is 4.31 Å². The van der Waals surface area contributed by atoms with E-state index in [2.05, 4.69) is 5.32 Å². The number of carbonyl (C=O) groups excluding carboxylic acids is 2. The number of hydrogen-bond donors (Lipinski definition) is 1. The van der Waals surface area contributed by atoms with Gasteiger partial charge in [0.1, 0.15) is 0 Å². The first-order valence-corrected chi connectivity index (χ1v) is 11.1. The van der Waals surface area contributed by atoms with Crippen molar-refractivity contribution in [1.29, 1.82) is 0 Å². The molecule has 138 valence electrons. The van der Waals surface area contributed by atoms with Crippen molar-refractivity contribution in [3.63, 3.8) is 0 Å². The van der Waals surface area contributed by atoms with Gasteiger partial charge in [0.15, 0.2) is 0 Å². The maximum Gasteiger partial charge on any atom is 0.290 e. The van der Waals surface area contributed by atoms with Gasteiger partial charge < -0.3 is 0 Å². The molecule has 1 saturated carbocycles. The quantitative estimate of drug-likeness (QED) is 0.783. The van der Waals surface area contributed by atoms with Crippen LogP contribution in [0.1, 0.15) is 37.7 Å². The lowest BCUT2D eigenvalue weighted by Gasteiger charge is -2.34. The molecule has 1 aromatic rings. The molecule has 2 fully saturated rings. The molecular formula is C18H20N2O4S2. The summed E-state index contributed by atoms with van der Waals surface area (Å²) in [7, 11) is -3.60. The third-order valence-corrected chi connectivity index (χ3v) is 8.03. The number of benzene rings is 1. The van der Waals surface area contributed by atoms with Crippen LogP contribution < -0.4 is 5.32 Å². The number of rotatable bonds is 2. The first kappa shape index (κ1) is 17.8. The lowest BCUT2D eigenvalue weighted by molar-refractivity contribution is -0.115. The summed E-state index contributed by atoms with van der Waals surface area (Å²) in [6, 6.07) is 6.74. The predicted molar refractivity (Wildman–Crippen MR) is 99.8 cm³/mol. The van der Waals surface area contributed by atoms with Crippen molar-refractivity contribution in [3.8, 4) is 0 Å². The van der Waals surface area contributed by atoms with Crippen LogP contribution in [0.15, 0.2) is 34.1 Å². The van der Waals surface area contributed by atoms with E-state index in [9.17, 15) is 18.0 Å². The second-order valence-electron chi connectivity index (χ2n) is 6.95. The van der Waals surface area contributed by atoms with Crippen LogP contribution in [0, 0.1) is 5.92 Å². The summed E-state index contributed by atoms with van der Waals surface area (Å²) in [5.41, 5.74) is 1.15. The molecular weight excluding hydrogens is 372 g/mol. The number of nitrogens with zero attached hydrogens (tertiary/aromatic N) is 1. The number of imide groups is 1. The number of amides is 2. The minimum Gasteiger partial charge on any atom is -0.282 e. The normalized spacial score (nSPS) is 26.6. The van der Waals surface area contributed by atoms with E-state index < -0.39 is 21.2 Å². The van der Waals surface area contributed by atoms with Crippen molar-refractivity contribution >= 4 is 38.5 Å². The van der Waals surface area contributed by atoms with Crippen molar-refractivity contribution in [1.82, 2.24) is 9.62 Å². The molecule has 0 spiro atoms. The lowest BCUT2D eigenvalue weighted by Crippen LogP contribution is -2.40. The smallest absolute Gasteiger partial charge is 0.282 e. The number of carbonyl (C=O) groups is 2. The molecule has 2 aliphatic heterocycles. The monoisotopic (exact) mass is 392 g/mol. The van der Waals surface area contributed by atoms with Crippen LogP contribution in [-0.2, 0) is 14.8 Å². The van der Waals surface area contributed by atoms with Crippen LogP contribution in [-0.4, -0.2) is 37.0 Å². The summed E-state index contributed by atoms with van der Waals surface area (Å²) in [6.45, 7) is 0.604. The van der Waals surface area contributed by atoms with Gasteiger partial charge in [0.05, 0.1) is 9.80 Å². The van der Waals surface area contributed by atoms with Gasteiger partial charge in [-0.05, 0) is 42.2 Å². The van der Waals surface area contributed by atoms with Gasteiger partial charge in [-0.1, -0.05) is 37.5 Å². The first-order valence-electron chi connectivity index (χ1n) is 8.82. The number of fused-ring (bicyclic) bond motifs is 1. The fourth-order valence-corrected chi connectivity index (χ4v) is 6.43. The minimum absolute atomic E-state index is 0.138. The third-order valence-electron chi connectivity index (χ3n) is 5.24. The van der Waals surface area contributed by atoms with Gasteiger partial charge in [-0.15, -0.1) is 0 Å². The van der Waals surface area contributed by atoms with Crippen LogP contribution in [0.4, 0.5) is 4.79 Å². The molecule has 1 saturated heterocycles. The summed E-state index contributed by atoms with van der Waals surface area (Å²) >= 11 is 0.851. The zero-order valence-electron chi connectivity index (χ0n) is 14.2. The van der Waals surface area contributed by atoms with Crippen molar-refractivity contribution < 1.29 is 18.0 Å². The van der Waals surface area contributed by atoms with Crippen LogP contribution in [0.3, 0.4) is 0 Å². The van der Waals surface area contributed by atoms with Gasteiger partial charge in [0, 0.05) is 18.7 Å². The molecule has 2 amide bonds. The highest BCUT2D eigenvalue weighted by atomic mass is 32.2. The summed E-state index contributed by atoms with van der Waals surface area (Å²) in [5.74, 6) is -0.0940. The summed E-state index contributed by atoms with van der Waals surface area (Å²) < 4.78 is 27.7. The summed E-state index contributed by atoms with van der Waals surface area (Å²) in [6.07, 6.45) is 5.55. The van der Waals surface area contributed by atoms with Gasteiger partial charge in [-0.25, -0.2) is 8.42 Å². The van der Waals surface area contributed by atoms with Gasteiger partial charge in [0.25, 0.3) is 11.1 Å². The van der Waals surface area contributed by atoms with Gasteiger partial charge >= 0.3 is 0 Å². The first-order chi connectivity index (χ1) is 12.5. The zero-order valence-corrected chi connectivity index (χ0v) is 15.9. The Bertz CT molecular complexity index is 902. The van der Waals surface area contributed by atoms with Crippen molar-refractivity contribution in [2.45, 2.75) is 37.0 Å². The van der Waals surface area contributed by atoms with Crippen molar-refractivity contribution in [2.24, 2.45) is 5.92 Å². The SMILES string of the molecule is O=C1NC(=O)/C(=C2\CN(CC3CCCCC3)S(=O)(=O)c3ccccc32)S1. The summed E-state index contributed by atoms with van der Waals surface area (Å²) in [4.78, 5) is 24.3. The van der Waals surface area contributed by atoms with Crippen molar-refractivity contribution in [3.05, 3.63) is 34.7 Å². The van der Waals surface area contributed by atoms with Crippen LogP contribution >= 0.6 is 11.8 Å². The zero-order chi connectivity index (χ0) is 18.3. The van der Waals surface area contributed by atoms with E-state index in [0.29, 0.717) is 28.5 Å². The van der Waals surface area contributed by atoms with E-state index in [0.717, 1.165) is 37.4 Å². The Labute approximate surface area is 157 Å². The standard InChI is InChI=1S/C18H20N2O4S2/c21-17-16(25-18(22)19-17)14-11-20(10-12-6-2-1-3-7-12)26(23,24)15-9-5-4-8-13(14)15/h4-5,8-9,12H,1-3,6-7,10-11H2,(H,19,21,22)/b16-14-. The van der Waals surface area contributed by atoms with Gasteiger partial charge in [0.2, 0.25) is 10.0 Å².